The first-order valence-electron chi connectivity index (χ1n) is 5.50. The second-order valence-electron chi connectivity index (χ2n) is 3.80. The molecule has 0 spiro atoms. The number of nitrogens with one attached hydrogen (secondary N) is 1. The number of methoxy groups -OCH3 is 1. The maximum atomic E-state index is 13.0. The van der Waals surface area contributed by atoms with Crippen molar-refractivity contribution in [2.24, 2.45) is 0 Å². The Balaban J connectivity index is 2.57. The monoisotopic (exact) mass is 265 g/mol. The zero-order valence-corrected chi connectivity index (χ0v) is 9.98. The van der Waals surface area contributed by atoms with Crippen LogP contribution in [0.5, 0.6) is 0 Å². The van der Waals surface area contributed by atoms with E-state index in [0.717, 1.165) is 12.1 Å². The molecule has 0 aliphatic carbocycles. The molecule has 1 aromatic carbocycles. The number of benzene rings is 1. The summed E-state index contributed by atoms with van der Waals surface area (Å²) in [5, 5.41) is 3.01. The molecule has 0 saturated carbocycles. The SMILES string of the molecule is COCCNCCc1ccc(F)c(C(F)(F)F)c1. The Hall–Kier alpha value is -1.14. The summed E-state index contributed by atoms with van der Waals surface area (Å²) in [6, 6.07) is 3.07. The largest absolute Gasteiger partial charge is 0.419 e. The van der Waals surface area contributed by atoms with Gasteiger partial charge >= 0.3 is 6.18 Å². The van der Waals surface area contributed by atoms with E-state index >= 15 is 0 Å². The van der Waals surface area contributed by atoms with Gasteiger partial charge in [0, 0.05) is 13.7 Å². The van der Waals surface area contributed by atoms with Crippen LogP contribution in [0.2, 0.25) is 0 Å². The highest BCUT2D eigenvalue weighted by molar-refractivity contribution is 5.27. The second kappa shape index (κ2) is 6.70. The molecule has 0 fully saturated rings. The van der Waals surface area contributed by atoms with E-state index in [1.165, 1.54) is 6.07 Å². The first-order chi connectivity index (χ1) is 8.45. The average molecular weight is 265 g/mol. The van der Waals surface area contributed by atoms with Crippen molar-refractivity contribution < 1.29 is 22.3 Å². The Morgan fingerprint density at radius 2 is 1.94 bits per heavy atom. The van der Waals surface area contributed by atoms with Crippen LogP contribution in [0.25, 0.3) is 0 Å². The maximum absolute atomic E-state index is 13.0. The molecule has 0 aromatic heterocycles. The van der Waals surface area contributed by atoms with E-state index in [0.29, 0.717) is 31.7 Å². The lowest BCUT2D eigenvalue weighted by molar-refractivity contribution is -0.140. The highest BCUT2D eigenvalue weighted by atomic mass is 19.4. The molecular formula is C12H15F4NO. The minimum absolute atomic E-state index is 0.410. The van der Waals surface area contributed by atoms with Crippen LogP contribution in [0.4, 0.5) is 17.6 Å². The Morgan fingerprint density at radius 3 is 2.56 bits per heavy atom. The zero-order valence-electron chi connectivity index (χ0n) is 9.98. The van der Waals surface area contributed by atoms with Gasteiger partial charge in [-0.3, -0.25) is 0 Å². The lowest BCUT2D eigenvalue weighted by Crippen LogP contribution is -2.21. The van der Waals surface area contributed by atoms with Crippen LogP contribution in [-0.4, -0.2) is 26.8 Å². The van der Waals surface area contributed by atoms with Crippen LogP contribution in [0.1, 0.15) is 11.1 Å². The summed E-state index contributed by atoms with van der Waals surface area (Å²) < 4.78 is 55.2. The van der Waals surface area contributed by atoms with Crippen LogP contribution in [-0.2, 0) is 17.3 Å². The third kappa shape index (κ3) is 4.62. The molecule has 0 saturated heterocycles. The fourth-order valence-electron chi connectivity index (χ4n) is 1.48. The Kier molecular flexibility index (Phi) is 5.55. The van der Waals surface area contributed by atoms with E-state index in [9.17, 15) is 17.6 Å². The first kappa shape index (κ1) is 14.9. The summed E-state index contributed by atoms with van der Waals surface area (Å²) in [6.07, 6.45) is -4.24. The number of halogens is 4. The lowest BCUT2D eigenvalue weighted by atomic mass is 10.1. The highest BCUT2D eigenvalue weighted by Crippen LogP contribution is 2.31. The number of ether oxygens (including phenoxy) is 1. The summed E-state index contributed by atoms with van der Waals surface area (Å²) in [7, 11) is 1.57. The van der Waals surface area contributed by atoms with Crippen LogP contribution in [0.15, 0.2) is 18.2 Å². The number of alkyl halides is 3. The molecule has 6 heteroatoms. The van der Waals surface area contributed by atoms with Gasteiger partial charge < -0.3 is 10.1 Å². The Bertz CT molecular complexity index is 379. The van der Waals surface area contributed by atoms with Crippen molar-refractivity contribution in [3.63, 3.8) is 0 Å². The molecule has 0 atom stereocenters. The summed E-state index contributed by atoms with van der Waals surface area (Å²) in [5.74, 6) is -1.24. The minimum Gasteiger partial charge on any atom is -0.383 e. The summed E-state index contributed by atoms with van der Waals surface area (Å²) in [4.78, 5) is 0. The van der Waals surface area contributed by atoms with Crippen molar-refractivity contribution in [3.05, 3.63) is 35.1 Å². The third-order valence-corrected chi connectivity index (χ3v) is 2.41. The van der Waals surface area contributed by atoms with E-state index in [4.69, 9.17) is 4.74 Å². The van der Waals surface area contributed by atoms with Gasteiger partial charge in [-0.1, -0.05) is 6.07 Å². The first-order valence-corrected chi connectivity index (χ1v) is 5.50. The number of hydrogen-bond acceptors (Lipinski definition) is 2. The highest BCUT2D eigenvalue weighted by Gasteiger charge is 2.34. The lowest BCUT2D eigenvalue weighted by Gasteiger charge is -2.10. The van der Waals surface area contributed by atoms with Crippen LogP contribution in [0, 0.1) is 5.82 Å². The molecule has 0 radical (unpaired) electrons. The molecule has 2 nitrogen and oxygen atoms in total. The quantitative estimate of drug-likeness (QED) is 0.630. The van der Waals surface area contributed by atoms with Crippen molar-refractivity contribution in [1.82, 2.24) is 5.32 Å². The number of hydrogen-bond donors (Lipinski definition) is 1. The Labute approximate surface area is 103 Å². The van der Waals surface area contributed by atoms with E-state index in [1.807, 2.05) is 0 Å². The zero-order chi connectivity index (χ0) is 13.6. The van der Waals surface area contributed by atoms with Crippen LogP contribution < -0.4 is 5.32 Å². The van der Waals surface area contributed by atoms with Gasteiger partial charge in [-0.05, 0) is 30.7 Å². The van der Waals surface area contributed by atoms with E-state index in [-0.39, 0.29) is 0 Å². The van der Waals surface area contributed by atoms with Crippen LogP contribution in [0.3, 0.4) is 0 Å². The van der Waals surface area contributed by atoms with Gasteiger partial charge in [0.2, 0.25) is 0 Å². The van der Waals surface area contributed by atoms with Crippen molar-refractivity contribution in [1.29, 1.82) is 0 Å². The van der Waals surface area contributed by atoms with Gasteiger partial charge in [0.25, 0.3) is 0 Å². The van der Waals surface area contributed by atoms with Gasteiger partial charge in [-0.2, -0.15) is 13.2 Å². The fraction of sp³-hybridized carbons (Fsp3) is 0.500. The molecule has 1 rings (SSSR count). The van der Waals surface area contributed by atoms with Crippen molar-refractivity contribution >= 4 is 0 Å². The Morgan fingerprint density at radius 1 is 1.22 bits per heavy atom. The van der Waals surface area contributed by atoms with Gasteiger partial charge in [0.15, 0.2) is 0 Å². The molecular weight excluding hydrogens is 250 g/mol. The maximum Gasteiger partial charge on any atom is 0.419 e. The van der Waals surface area contributed by atoms with Gasteiger partial charge in [-0.25, -0.2) is 4.39 Å². The summed E-state index contributed by atoms with van der Waals surface area (Å²) >= 11 is 0. The van der Waals surface area contributed by atoms with E-state index < -0.39 is 17.6 Å². The molecule has 1 N–H and O–H groups in total. The molecule has 102 valence electrons. The molecule has 0 heterocycles. The molecule has 1 aromatic rings. The standard InChI is InChI=1S/C12H15F4NO/c1-18-7-6-17-5-4-9-2-3-11(13)10(8-9)12(14,15)16/h2-3,8,17H,4-7H2,1H3. The fourth-order valence-corrected chi connectivity index (χ4v) is 1.48. The molecule has 0 bridgehead atoms. The van der Waals surface area contributed by atoms with E-state index in [1.54, 1.807) is 7.11 Å². The third-order valence-electron chi connectivity index (χ3n) is 2.41. The second-order valence-corrected chi connectivity index (χ2v) is 3.80. The van der Waals surface area contributed by atoms with Crippen LogP contribution >= 0.6 is 0 Å². The predicted molar refractivity (Wildman–Crippen MR) is 59.9 cm³/mol. The molecule has 0 unspecified atom stereocenters. The normalized spacial score (nSPS) is 11.8. The topological polar surface area (TPSA) is 21.3 Å². The molecule has 0 amide bonds. The van der Waals surface area contributed by atoms with Gasteiger partial charge in [0.1, 0.15) is 5.82 Å². The van der Waals surface area contributed by atoms with Crippen molar-refractivity contribution in [2.45, 2.75) is 12.6 Å². The van der Waals surface area contributed by atoms with Crippen molar-refractivity contribution in [2.75, 3.05) is 26.8 Å². The van der Waals surface area contributed by atoms with Gasteiger partial charge in [0.05, 0.1) is 12.2 Å². The smallest absolute Gasteiger partial charge is 0.383 e. The molecule has 0 aliphatic heterocycles. The minimum atomic E-state index is -4.65. The molecule has 18 heavy (non-hydrogen) atoms. The van der Waals surface area contributed by atoms with Crippen molar-refractivity contribution in [3.8, 4) is 0 Å². The molecule has 0 aliphatic rings. The summed E-state index contributed by atoms with van der Waals surface area (Å²) in [5.41, 5.74) is -0.759. The number of rotatable bonds is 6. The summed E-state index contributed by atoms with van der Waals surface area (Å²) in [6.45, 7) is 1.69. The average Bonchev–Trinajstić information content (AvgIpc) is 2.29. The predicted octanol–water partition coefficient (Wildman–Crippen LogP) is 2.62. The van der Waals surface area contributed by atoms with Gasteiger partial charge in [-0.15, -0.1) is 0 Å². The van der Waals surface area contributed by atoms with E-state index in [2.05, 4.69) is 5.32 Å².